The highest BCUT2D eigenvalue weighted by molar-refractivity contribution is 5.93. The number of primary amides is 1. The molecule has 7 heteroatoms. The van der Waals surface area contributed by atoms with E-state index in [2.05, 4.69) is 26.1 Å². The lowest BCUT2D eigenvalue weighted by atomic mass is 9.97. The summed E-state index contributed by atoms with van der Waals surface area (Å²) >= 11 is 0. The second kappa shape index (κ2) is 6.09. The molecule has 3 heterocycles. The smallest absolute Gasteiger partial charge is 0.231 e. The van der Waals surface area contributed by atoms with Crippen LogP contribution < -0.4 is 5.73 Å². The Labute approximate surface area is 139 Å². The lowest BCUT2D eigenvalue weighted by Gasteiger charge is -2.30. The van der Waals surface area contributed by atoms with Crippen LogP contribution in [0.2, 0.25) is 0 Å². The fraction of sp³-hybridized carbons (Fsp3) is 0.353. The third-order valence-electron chi connectivity index (χ3n) is 4.60. The number of amides is 1. The molecule has 1 aromatic carbocycles. The Kier molecular flexibility index (Phi) is 3.78. The van der Waals surface area contributed by atoms with Crippen molar-refractivity contribution in [2.24, 2.45) is 5.73 Å². The maximum absolute atomic E-state index is 11.1. The molecule has 1 amide bonds. The van der Waals surface area contributed by atoms with Gasteiger partial charge in [0.05, 0.1) is 6.54 Å². The first-order valence-corrected chi connectivity index (χ1v) is 8.20. The van der Waals surface area contributed by atoms with E-state index in [1.165, 1.54) is 0 Å². The molecule has 4 rings (SSSR count). The summed E-state index contributed by atoms with van der Waals surface area (Å²) in [6, 6.07) is 8.11. The summed E-state index contributed by atoms with van der Waals surface area (Å²) < 4.78 is 0. The van der Waals surface area contributed by atoms with Gasteiger partial charge in [-0.15, -0.1) is 0 Å². The van der Waals surface area contributed by atoms with Gasteiger partial charge >= 0.3 is 0 Å². The lowest BCUT2D eigenvalue weighted by molar-refractivity contribution is -0.119. The number of hydrogen-bond donors (Lipinski definition) is 3. The molecule has 0 bridgehead atoms. The summed E-state index contributed by atoms with van der Waals surface area (Å²) in [5, 5.41) is 8.60. The molecule has 1 saturated heterocycles. The first-order valence-electron chi connectivity index (χ1n) is 8.20. The minimum Gasteiger partial charge on any atom is -0.369 e. The van der Waals surface area contributed by atoms with Gasteiger partial charge in [-0.2, -0.15) is 5.10 Å². The zero-order valence-corrected chi connectivity index (χ0v) is 13.3. The zero-order chi connectivity index (χ0) is 16.5. The Hall–Kier alpha value is -2.67. The van der Waals surface area contributed by atoms with Crippen molar-refractivity contribution in [2.75, 3.05) is 19.6 Å². The van der Waals surface area contributed by atoms with Crippen molar-refractivity contribution in [3.63, 3.8) is 0 Å². The van der Waals surface area contributed by atoms with Crippen LogP contribution in [0.1, 0.15) is 24.6 Å². The average Bonchev–Trinajstić information content (AvgIpc) is 3.21. The largest absolute Gasteiger partial charge is 0.369 e. The van der Waals surface area contributed by atoms with Gasteiger partial charge < -0.3 is 10.7 Å². The SMILES string of the molecule is NC(=O)CN1CCCC(c2nc(-c3c[nH]c4ccccc34)n[nH]2)C1. The van der Waals surface area contributed by atoms with Crippen molar-refractivity contribution in [3.05, 3.63) is 36.3 Å². The van der Waals surface area contributed by atoms with Crippen molar-refractivity contribution in [1.82, 2.24) is 25.1 Å². The number of hydrogen-bond acceptors (Lipinski definition) is 4. The fourth-order valence-corrected chi connectivity index (χ4v) is 3.48. The van der Waals surface area contributed by atoms with Crippen molar-refractivity contribution in [2.45, 2.75) is 18.8 Å². The van der Waals surface area contributed by atoms with Crippen LogP contribution >= 0.6 is 0 Å². The summed E-state index contributed by atoms with van der Waals surface area (Å²) in [5.41, 5.74) is 7.38. The van der Waals surface area contributed by atoms with Gasteiger partial charge in [-0.25, -0.2) is 4.98 Å². The van der Waals surface area contributed by atoms with E-state index in [9.17, 15) is 4.79 Å². The monoisotopic (exact) mass is 324 g/mol. The van der Waals surface area contributed by atoms with Crippen LogP contribution in [0, 0.1) is 0 Å². The maximum Gasteiger partial charge on any atom is 0.231 e. The normalized spacial score (nSPS) is 18.9. The lowest BCUT2D eigenvalue weighted by Crippen LogP contribution is -2.40. The number of carbonyl (C=O) groups excluding carboxylic acids is 1. The Balaban J connectivity index is 1.57. The number of aromatic amines is 2. The highest BCUT2D eigenvalue weighted by Crippen LogP contribution is 2.29. The van der Waals surface area contributed by atoms with Crippen molar-refractivity contribution < 1.29 is 4.79 Å². The maximum atomic E-state index is 11.1. The second-order valence-electron chi connectivity index (χ2n) is 6.33. The molecule has 0 spiro atoms. The molecule has 0 aliphatic carbocycles. The van der Waals surface area contributed by atoms with Gasteiger partial charge in [0.15, 0.2) is 5.82 Å². The number of fused-ring (bicyclic) bond motifs is 1. The van der Waals surface area contributed by atoms with Gasteiger partial charge in [0.2, 0.25) is 5.91 Å². The highest BCUT2D eigenvalue weighted by atomic mass is 16.1. The third kappa shape index (κ3) is 2.78. The predicted molar refractivity (Wildman–Crippen MR) is 91.3 cm³/mol. The molecule has 0 saturated carbocycles. The first-order chi connectivity index (χ1) is 11.7. The van der Waals surface area contributed by atoms with Crippen LogP contribution in [0.15, 0.2) is 30.5 Å². The molecule has 1 fully saturated rings. The molecule has 3 aromatic rings. The van der Waals surface area contributed by atoms with Crippen LogP contribution in [-0.2, 0) is 4.79 Å². The van der Waals surface area contributed by atoms with E-state index < -0.39 is 0 Å². The molecule has 24 heavy (non-hydrogen) atoms. The van der Waals surface area contributed by atoms with E-state index in [0.717, 1.165) is 48.2 Å². The number of rotatable bonds is 4. The number of benzene rings is 1. The molecule has 4 N–H and O–H groups in total. The number of nitrogens with zero attached hydrogens (tertiary/aromatic N) is 3. The molecule has 1 aliphatic heterocycles. The molecule has 1 unspecified atom stereocenters. The van der Waals surface area contributed by atoms with Gasteiger partial charge in [-0.05, 0) is 25.5 Å². The quantitative estimate of drug-likeness (QED) is 0.678. The molecule has 1 aliphatic rings. The van der Waals surface area contributed by atoms with Gasteiger partial charge in [-0.3, -0.25) is 14.8 Å². The van der Waals surface area contributed by atoms with E-state index in [4.69, 9.17) is 10.7 Å². The molecule has 1 atom stereocenters. The van der Waals surface area contributed by atoms with E-state index in [0.29, 0.717) is 12.4 Å². The van der Waals surface area contributed by atoms with Crippen molar-refractivity contribution in [3.8, 4) is 11.4 Å². The minimum absolute atomic E-state index is 0.254. The topological polar surface area (TPSA) is 104 Å². The number of likely N-dealkylation sites (tertiary alicyclic amines) is 1. The Morgan fingerprint density at radius 1 is 1.38 bits per heavy atom. The molecule has 124 valence electrons. The number of para-hydroxylation sites is 1. The van der Waals surface area contributed by atoms with Crippen LogP contribution in [0.25, 0.3) is 22.3 Å². The zero-order valence-electron chi connectivity index (χ0n) is 13.3. The molecular weight excluding hydrogens is 304 g/mol. The molecule has 7 nitrogen and oxygen atoms in total. The van der Waals surface area contributed by atoms with Gasteiger partial charge in [0.25, 0.3) is 0 Å². The second-order valence-corrected chi connectivity index (χ2v) is 6.33. The van der Waals surface area contributed by atoms with Crippen molar-refractivity contribution in [1.29, 1.82) is 0 Å². The Bertz CT molecular complexity index is 867. The summed E-state index contributed by atoms with van der Waals surface area (Å²) in [6.45, 7) is 1.99. The van der Waals surface area contributed by atoms with E-state index in [1.54, 1.807) is 0 Å². The van der Waals surface area contributed by atoms with Crippen LogP contribution in [0.4, 0.5) is 0 Å². The van der Waals surface area contributed by atoms with E-state index >= 15 is 0 Å². The standard InChI is InChI=1S/C17H20N6O/c18-15(24)10-23-7-3-4-11(9-23)16-20-17(22-21-16)13-8-19-14-6-2-1-5-12(13)14/h1-2,5-6,8,11,19H,3-4,7,9-10H2,(H2,18,24)(H,20,21,22). The third-order valence-corrected chi connectivity index (χ3v) is 4.60. The molecule has 0 radical (unpaired) electrons. The number of piperidine rings is 1. The predicted octanol–water partition coefficient (Wildman–Crippen LogP) is 1.62. The Morgan fingerprint density at radius 3 is 3.12 bits per heavy atom. The van der Waals surface area contributed by atoms with E-state index in [1.807, 2.05) is 24.4 Å². The summed E-state index contributed by atoms with van der Waals surface area (Å²) in [4.78, 5) is 21.2. The Morgan fingerprint density at radius 2 is 2.25 bits per heavy atom. The number of nitrogens with two attached hydrogens (primary N) is 1. The number of nitrogens with one attached hydrogen (secondary N) is 2. The number of carbonyl (C=O) groups is 1. The fourth-order valence-electron chi connectivity index (χ4n) is 3.48. The highest BCUT2D eigenvalue weighted by Gasteiger charge is 2.25. The van der Waals surface area contributed by atoms with Gasteiger partial charge in [0, 0.05) is 35.1 Å². The number of aromatic nitrogens is 4. The first kappa shape index (κ1) is 14.9. The van der Waals surface area contributed by atoms with Gasteiger partial charge in [-0.1, -0.05) is 18.2 Å². The summed E-state index contributed by atoms with van der Waals surface area (Å²) in [5.74, 6) is 1.55. The average molecular weight is 324 g/mol. The summed E-state index contributed by atoms with van der Waals surface area (Å²) in [6.07, 6.45) is 4.01. The van der Waals surface area contributed by atoms with Crippen LogP contribution in [0.5, 0.6) is 0 Å². The summed E-state index contributed by atoms with van der Waals surface area (Å²) in [7, 11) is 0. The van der Waals surface area contributed by atoms with Crippen LogP contribution in [-0.4, -0.2) is 50.6 Å². The van der Waals surface area contributed by atoms with E-state index in [-0.39, 0.29) is 11.8 Å². The van der Waals surface area contributed by atoms with Crippen molar-refractivity contribution >= 4 is 16.8 Å². The number of H-pyrrole nitrogens is 2. The minimum atomic E-state index is -0.285. The molecular formula is C17H20N6O. The van der Waals surface area contributed by atoms with Crippen LogP contribution in [0.3, 0.4) is 0 Å². The van der Waals surface area contributed by atoms with Gasteiger partial charge in [0.1, 0.15) is 5.82 Å². The molecule has 2 aromatic heterocycles.